The molecule has 1 saturated heterocycles. The Bertz CT molecular complexity index is 882. The third-order valence-electron chi connectivity index (χ3n) is 5.34. The lowest BCUT2D eigenvalue weighted by molar-refractivity contribution is -0.113. The van der Waals surface area contributed by atoms with E-state index in [2.05, 4.69) is 20.9 Å². The molecule has 2 aromatic rings. The molecule has 2 aliphatic rings. The predicted molar refractivity (Wildman–Crippen MR) is 108 cm³/mol. The van der Waals surface area contributed by atoms with Gasteiger partial charge in [0.1, 0.15) is 11.9 Å². The van der Waals surface area contributed by atoms with Crippen molar-refractivity contribution in [3.63, 3.8) is 0 Å². The molecule has 1 atom stereocenters. The zero-order valence-electron chi connectivity index (χ0n) is 15.8. The maximum absolute atomic E-state index is 12.6. The molecule has 0 radical (unpaired) electrons. The van der Waals surface area contributed by atoms with Gasteiger partial charge in [0.15, 0.2) is 0 Å². The highest BCUT2D eigenvalue weighted by atomic mass is 32.2. The summed E-state index contributed by atoms with van der Waals surface area (Å²) in [5.41, 5.74) is 2.94. The van der Waals surface area contributed by atoms with Gasteiger partial charge >= 0.3 is 0 Å². The van der Waals surface area contributed by atoms with E-state index in [-0.39, 0.29) is 17.8 Å². The summed E-state index contributed by atoms with van der Waals surface area (Å²) in [6.45, 7) is 1.49. The third-order valence-corrected chi connectivity index (χ3v) is 6.29. The first kappa shape index (κ1) is 19.0. The van der Waals surface area contributed by atoms with Crippen LogP contribution in [0, 0.1) is 11.3 Å². The van der Waals surface area contributed by atoms with E-state index >= 15 is 0 Å². The number of nitrogens with zero attached hydrogens (tertiary/aromatic N) is 3. The Hall–Kier alpha value is -2.30. The Kier molecular flexibility index (Phi) is 5.98. The number of carbonyl (C=O) groups is 1. The maximum Gasteiger partial charge on any atom is 0.235 e. The molecule has 0 bridgehead atoms. The summed E-state index contributed by atoms with van der Waals surface area (Å²) in [4.78, 5) is 16.9. The van der Waals surface area contributed by atoms with Crippen molar-refractivity contribution in [3.05, 3.63) is 41.2 Å². The van der Waals surface area contributed by atoms with Gasteiger partial charge in [-0.05, 0) is 56.2 Å². The Balaban J connectivity index is 1.56. The Labute approximate surface area is 169 Å². The number of thioether (sulfide) groups is 1. The molecule has 7 heteroatoms. The van der Waals surface area contributed by atoms with E-state index in [0.717, 1.165) is 55.7 Å². The van der Waals surface area contributed by atoms with E-state index in [1.54, 1.807) is 6.20 Å². The number of ether oxygens (including phenoxy) is 1. The standard InChI is InChI=1S/C21H24N4O2S/c22-12-17-16-7-1-2-8-18(16)25(13-15-6-5-11-27-15)21(17)24-19(26)14-28-20-9-3-4-10-23-20/h3-4,9-10,15H,1-2,5-8,11,13-14H2,(H,24,26). The van der Waals surface area contributed by atoms with Crippen molar-refractivity contribution in [2.24, 2.45) is 0 Å². The molecule has 1 aliphatic heterocycles. The van der Waals surface area contributed by atoms with Crippen molar-refractivity contribution in [1.82, 2.24) is 9.55 Å². The lowest BCUT2D eigenvalue weighted by atomic mass is 9.95. The van der Waals surface area contributed by atoms with Crippen LogP contribution < -0.4 is 5.32 Å². The van der Waals surface area contributed by atoms with Crippen molar-refractivity contribution >= 4 is 23.5 Å². The molecule has 2 aromatic heterocycles. The van der Waals surface area contributed by atoms with E-state index < -0.39 is 0 Å². The van der Waals surface area contributed by atoms with Crippen molar-refractivity contribution in [2.45, 2.75) is 56.2 Å². The molecule has 4 rings (SSSR count). The minimum absolute atomic E-state index is 0.115. The highest BCUT2D eigenvalue weighted by molar-refractivity contribution is 7.99. The molecule has 0 aromatic carbocycles. The van der Waals surface area contributed by atoms with Gasteiger partial charge in [-0.15, -0.1) is 0 Å². The van der Waals surface area contributed by atoms with Crippen LogP contribution in [0.15, 0.2) is 29.4 Å². The molecule has 1 amide bonds. The summed E-state index contributed by atoms with van der Waals surface area (Å²) >= 11 is 1.39. The molecule has 0 saturated carbocycles. The largest absolute Gasteiger partial charge is 0.376 e. The lowest BCUT2D eigenvalue weighted by Gasteiger charge is -2.19. The number of carbonyl (C=O) groups excluding carboxylic acids is 1. The van der Waals surface area contributed by atoms with Gasteiger partial charge in [-0.1, -0.05) is 17.8 Å². The molecule has 6 nitrogen and oxygen atoms in total. The minimum Gasteiger partial charge on any atom is -0.376 e. The predicted octanol–water partition coefficient (Wildman–Crippen LogP) is 3.54. The lowest BCUT2D eigenvalue weighted by Crippen LogP contribution is -2.23. The van der Waals surface area contributed by atoms with Crippen molar-refractivity contribution in [3.8, 4) is 6.07 Å². The molecule has 1 aliphatic carbocycles. The van der Waals surface area contributed by atoms with Crippen LogP contribution in [0.25, 0.3) is 0 Å². The number of pyridine rings is 1. The minimum atomic E-state index is -0.115. The summed E-state index contributed by atoms with van der Waals surface area (Å²) < 4.78 is 7.97. The first-order valence-electron chi connectivity index (χ1n) is 9.86. The third kappa shape index (κ3) is 4.08. The molecule has 146 valence electrons. The molecule has 0 spiro atoms. The molecule has 1 unspecified atom stereocenters. The number of aromatic nitrogens is 2. The first-order chi connectivity index (χ1) is 13.8. The quantitative estimate of drug-likeness (QED) is 0.756. The van der Waals surface area contributed by atoms with Crippen LogP contribution in [0.3, 0.4) is 0 Å². The zero-order valence-corrected chi connectivity index (χ0v) is 16.6. The second-order valence-corrected chi connectivity index (χ2v) is 8.21. The normalized spacial score (nSPS) is 18.5. The summed E-state index contributed by atoms with van der Waals surface area (Å²) in [6.07, 6.45) is 8.04. The van der Waals surface area contributed by atoms with Crippen molar-refractivity contribution in [1.29, 1.82) is 5.26 Å². The second kappa shape index (κ2) is 8.80. The van der Waals surface area contributed by atoms with Crippen LogP contribution in [0.5, 0.6) is 0 Å². The van der Waals surface area contributed by atoms with E-state index in [1.165, 1.54) is 17.5 Å². The highest BCUT2D eigenvalue weighted by Crippen LogP contribution is 2.34. The number of hydrogen-bond donors (Lipinski definition) is 1. The van der Waals surface area contributed by atoms with Gasteiger partial charge < -0.3 is 14.6 Å². The summed E-state index contributed by atoms with van der Waals surface area (Å²) in [5, 5.41) is 13.6. The molecular formula is C21H24N4O2S. The van der Waals surface area contributed by atoms with Gasteiger partial charge in [0.2, 0.25) is 5.91 Å². The van der Waals surface area contributed by atoms with Crippen LogP contribution in [0.2, 0.25) is 0 Å². The monoisotopic (exact) mass is 396 g/mol. The average Bonchev–Trinajstić information content (AvgIpc) is 3.34. The van der Waals surface area contributed by atoms with Crippen LogP contribution in [-0.2, 0) is 28.9 Å². The molecule has 1 fully saturated rings. The van der Waals surface area contributed by atoms with Gasteiger partial charge in [0.25, 0.3) is 0 Å². The topological polar surface area (TPSA) is 79.9 Å². The molecule has 3 heterocycles. The van der Waals surface area contributed by atoms with Gasteiger partial charge in [-0.25, -0.2) is 4.98 Å². The average molecular weight is 397 g/mol. The van der Waals surface area contributed by atoms with Crippen molar-refractivity contribution in [2.75, 3.05) is 17.7 Å². The van der Waals surface area contributed by atoms with E-state index in [9.17, 15) is 10.1 Å². The van der Waals surface area contributed by atoms with Crippen LogP contribution >= 0.6 is 11.8 Å². The fourth-order valence-electron chi connectivity index (χ4n) is 4.05. The Morgan fingerprint density at radius 2 is 2.25 bits per heavy atom. The second-order valence-electron chi connectivity index (χ2n) is 7.22. The summed E-state index contributed by atoms with van der Waals surface area (Å²) in [6, 6.07) is 8.00. The van der Waals surface area contributed by atoms with Crippen LogP contribution in [0.1, 0.15) is 42.5 Å². The Morgan fingerprint density at radius 3 is 3.00 bits per heavy atom. The highest BCUT2D eigenvalue weighted by Gasteiger charge is 2.28. The maximum atomic E-state index is 12.6. The fourth-order valence-corrected chi connectivity index (χ4v) is 4.71. The zero-order chi connectivity index (χ0) is 19.3. The number of amides is 1. The number of nitrogens with one attached hydrogen (secondary N) is 1. The van der Waals surface area contributed by atoms with Gasteiger partial charge in [0, 0.05) is 18.5 Å². The van der Waals surface area contributed by atoms with E-state index in [1.807, 2.05) is 18.2 Å². The van der Waals surface area contributed by atoms with Gasteiger partial charge in [-0.2, -0.15) is 5.26 Å². The molecular weight excluding hydrogens is 372 g/mol. The summed E-state index contributed by atoms with van der Waals surface area (Å²) in [5.74, 6) is 0.796. The Morgan fingerprint density at radius 1 is 1.36 bits per heavy atom. The number of fused-ring (bicyclic) bond motifs is 1. The molecule has 28 heavy (non-hydrogen) atoms. The fraction of sp³-hybridized carbons (Fsp3) is 0.476. The van der Waals surface area contributed by atoms with Crippen LogP contribution in [0.4, 0.5) is 5.82 Å². The smallest absolute Gasteiger partial charge is 0.235 e. The van der Waals surface area contributed by atoms with Gasteiger partial charge in [0.05, 0.1) is 29.0 Å². The van der Waals surface area contributed by atoms with Gasteiger partial charge in [-0.3, -0.25) is 4.79 Å². The number of hydrogen-bond acceptors (Lipinski definition) is 5. The van der Waals surface area contributed by atoms with E-state index in [0.29, 0.717) is 17.9 Å². The SMILES string of the molecule is N#Cc1c2c(n(CC3CCCO3)c1NC(=O)CSc1ccccn1)CCCC2. The summed E-state index contributed by atoms with van der Waals surface area (Å²) in [7, 11) is 0. The number of anilines is 1. The van der Waals surface area contributed by atoms with E-state index in [4.69, 9.17) is 4.74 Å². The van der Waals surface area contributed by atoms with Crippen LogP contribution in [-0.4, -0.2) is 33.9 Å². The van der Waals surface area contributed by atoms with Crippen molar-refractivity contribution < 1.29 is 9.53 Å². The number of nitriles is 1. The molecule has 1 N–H and O–H groups in total. The first-order valence-corrected chi connectivity index (χ1v) is 10.8. The number of rotatable bonds is 6.